The molecule has 3 aromatic rings. The van der Waals surface area contributed by atoms with E-state index in [4.69, 9.17) is 0 Å². The van der Waals surface area contributed by atoms with E-state index in [1.165, 1.54) is 0 Å². The van der Waals surface area contributed by atoms with Crippen LogP contribution < -0.4 is 5.32 Å². The Bertz CT molecular complexity index is 939. The number of nitrogens with one attached hydrogen (secondary N) is 1. The molecule has 0 unspecified atom stereocenters. The van der Waals surface area contributed by atoms with Crippen LogP contribution in [-0.2, 0) is 11.3 Å². The van der Waals surface area contributed by atoms with E-state index in [0.717, 1.165) is 41.3 Å². The monoisotopic (exact) mass is 351 g/mol. The molecule has 1 amide bonds. The lowest BCUT2D eigenvalue weighted by molar-refractivity contribution is -0.116. The van der Waals surface area contributed by atoms with Crippen LogP contribution in [0.1, 0.15) is 36.7 Å². The van der Waals surface area contributed by atoms with Gasteiger partial charge in [-0.05, 0) is 55.3 Å². The van der Waals surface area contributed by atoms with Crippen LogP contribution in [0.2, 0.25) is 0 Å². The van der Waals surface area contributed by atoms with Gasteiger partial charge in [-0.25, -0.2) is 4.68 Å². The maximum absolute atomic E-state index is 12.3. The van der Waals surface area contributed by atoms with Gasteiger partial charge in [-0.2, -0.15) is 5.10 Å². The molecule has 1 saturated carbocycles. The summed E-state index contributed by atoms with van der Waals surface area (Å²) in [7, 11) is 0. The van der Waals surface area contributed by atoms with E-state index in [1.807, 2.05) is 53.5 Å². The number of anilines is 1. The minimum atomic E-state index is -0.0449. The van der Waals surface area contributed by atoms with Gasteiger partial charge in [-0.3, -0.25) is 9.48 Å². The van der Waals surface area contributed by atoms with Crippen LogP contribution in [0, 0.1) is 13.8 Å². The second kappa shape index (κ2) is 6.70. The van der Waals surface area contributed by atoms with Gasteiger partial charge in [0.1, 0.15) is 0 Å². The van der Waals surface area contributed by atoms with Crippen molar-refractivity contribution >= 4 is 11.6 Å². The standard InChI is InChI=1S/C18H21N7O/c1-12-10-13(2)24(21-12)9-8-17(26)19-15-5-3-4-14(11-15)18-20-22-23-25(18)16-6-7-16/h3-5,10-11,16H,6-9H2,1-2H3,(H,19,26). The summed E-state index contributed by atoms with van der Waals surface area (Å²) in [5.74, 6) is 0.697. The molecule has 1 aliphatic rings. The number of hydrogen-bond acceptors (Lipinski definition) is 5. The molecule has 26 heavy (non-hydrogen) atoms. The normalized spacial score (nSPS) is 13.8. The number of aromatic nitrogens is 6. The number of carbonyl (C=O) groups is 1. The van der Waals surface area contributed by atoms with Crippen molar-refractivity contribution in [2.45, 2.75) is 45.7 Å². The van der Waals surface area contributed by atoms with Crippen LogP contribution in [0.3, 0.4) is 0 Å². The molecule has 0 bridgehead atoms. The van der Waals surface area contributed by atoms with Gasteiger partial charge in [-0.15, -0.1) is 5.10 Å². The summed E-state index contributed by atoms with van der Waals surface area (Å²) < 4.78 is 3.72. The van der Waals surface area contributed by atoms with E-state index in [1.54, 1.807) is 0 Å². The molecule has 1 fully saturated rings. The van der Waals surface area contributed by atoms with E-state index in [-0.39, 0.29) is 5.91 Å². The van der Waals surface area contributed by atoms with E-state index in [2.05, 4.69) is 25.9 Å². The molecular weight excluding hydrogens is 330 g/mol. The number of carbonyl (C=O) groups excluding carboxylic acids is 1. The van der Waals surface area contributed by atoms with Crippen LogP contribution in [0.4, 0.5) is 5.69 Å². The highest BCUT2D eigenvalue weighted by molar-refractivity contribution is 5.91. The zero-order chi connectivity index (χ0) is 18.1. The quantitative estimate of drug-likeness (QED) is 0.737. The van der Waals surface area contributed by atoms with Crippen molar-refractivity contribution in [1.29, 1.82) is 0 Å². The third-order valence-electron chi connectivity index (χ3n) is 4.44. The van der Waals surface area contributed by atoms with Gasteiger partial charge in [0.25, 0.3) is 0 Å². The van der Waals surface area contributed by atoms with Crippen LogP contribution in [0.5, 0.6) is 0 Å². The molecule has 1 aliphatic carbocycles. The van der Waals surface area contributed by atoms with Crippen LogP contribution in [0.25, 0.3) is 11.4 Å². The molecule has 0 spiro atoms. The van der Waals surface area contributed by atoms with E-state index in [9.17, 15) is 4.79 Å². The number of nitrogens with zero attached hydrogens (tertiary/aromatic N) is 6. The highest BCUT2D eigenvalue weighted by Crippen LogP contribution is 2.36. The van der Waals surface area contributed by atoms with E-state index >= 15 is 0 Å². The van der Waals surface area contributed by atoms with E-state index in [0.29, 0.717) is 19.0 Å². The predicted molar refractivity (Wildman–Crippen MR) is 96.5 cm³/mol. The molecule has 4 rings (SSSR count). The largest absolute Gasteiger partial charge is 0.326 e. The summed E-state index contributed by atoms with van der Waals surface area (Å²) in [6, 6.07) is 10.0. The lowest BCUT2D eigenvalue weighted by Gasteiger charge is -2.08. The van der Waals surface area contributed by atoms with Gasteiger partial charge in [0.15, 0.2) is 5.82 Å². The Balaban J connectivity index is 1.42. The fourth-order valence-electron chi connectivity index (χ4n) is 3.02. The Morgan fingerprint density at radius 2 is 2.12 bits per heavy atom. The number of hydrogen-bond donors (Lipinski definition) is 1. The first-order valence-electron chi connectivity index (χ1n) is 8.79. The van der Waals surface area contributed by atoms with Crippen molar-refractivity contribution < 1.29 is 4.79 Å². The van der Waals surface area contributed by atoms with Gasteiger partial charge in [0.2, 0.25) is 5.91 Å². The smallest absolute Gasteiger partial charge is 0.226 e. The third kappa shape index (κ3) is 3.49. The van der Waals surface area contributed by atoms with Crippen molar-refractivity contribution in [3.8, 4) is 11.4 Å². The Morgan fingerprint density at radius 1 is 1.27 bits per heavy atom. The SMILES string of the molecule is Cc1cc(C)n(CCC(=O)Nc2cccc(-c3nnnn3C3CC3)c2)n1. The summed E-state index contributed by atoms with van der Waals surface area (Å²) >= 11 is 0. The maximum Gasteiger partial charge on any atom is 0.226 e. The molecule has 8 nitrogen and oxygen atoms in total. The van der Waals surface area contributed by atoms with Crippen LogP contribution in [-0.4, -0.2) is 35.9 Å². The van der Waals surface area contributed by atoms with E-state index < -0.39 is 0 Å². The summed E-state index contributed by atoms with van der Waals surface area (Å²) in [6.45, 7) is 4.50. The van der Waals surface area contributed by atoms with Crippen molar-refractivity contribution in [2.24, 2.45) is 0 Å². The molecule has 0 aliphatic heterocycles. The van der Waals surface area contributed by atoms with Crippen LogP contribution >= 0.6 is 0 Å². The van der Waals surface area contributed by atoms with Gasteiger partial charge in [-0.1, -0.05) is 12.1 Å². The molecule has 8 heteroatoms. The molecule has 2 heterocycles. The molecular formula is C18H21N7O. The number of aryl methyl sites for hydroxylation is 3. The van der Waals surface area contributed by atoms with Crippen molar-refractivity contribution in [3.63, 3.8) is 0 Å². The van der Waals surface area contributed by atoms with Crippen molar-refractivity contribution in [1.82, 2.24) is 30.0 Å². The number of benzene rings is 1. The summed E-state index contributed by atoms with van der Waals surface area (Å²) in [6.07, 6.45) is 2.59. The number of rotatable bonds is 6. The van der Waals surface area contributed by atoms with Gasteiger partial charge in [0.05, 0.1) is 11.7 Å². The van der Waals surface area contributed by atoms with Gasteiger partial charge in [0, 0.05) is 29.9 Å². The van der Waals surface area contributed by atoms with Gasteiger partial charge < -0.3 is 5.32 Å². The lowest BCUT2D eigenvalue weighted by Crippen LogP contribution is -2.15. The molecule has 0 atom stereocenters. The Morgan fingerprint density at radius 3 is 2.85 bits per heavy atom. The Kier molecular flexibility index (Phi) is 4.24. The second-order valence-electron chi connectivity index (χ2n) is 6.71. The topological polar surface area (TPSA) is 90.5 Å². The Hall–Kier alpha value is -3.03. The third-order valence-corrected chi connectivity index (χ3v) is 4.44. The summed E-state index contributed by atoms with van der Waals surface area (Å²) in [4.78, 5) is 12.3. The molecule has 1 N–H and O–H groups in total. The van der Waals surface area contributed by atoms with Crippen molar-refractivity contribution in [3.05, 3.63) is 41.7 Å². The zero-order valence-corrected chi connectivity index (χ0v) is 14.9. The van der Waals surface area contributed by atoms with Crippen molar-refractivity contribution in [2.75, 3.05) is 5.32 Å². The zero-order valence-electron chi connectivity index (χ0n) is 14.9. The highest BCUT2D eigenvalue weighted by atomic mass is 16.1. The predicted octanol–water partition coefficient (Wildman–Crippen LogP) is 2.52. The molecule has 0 saturated heterocycles. The highest BCUT2D eigenvalue weighted by Gasteiger charge is 2.28. The van der Waals surface area contributed by atoms with Gasteiger partial charge >= 0.3 is 0 Å². The minimum absolute atomic E-state index is 0.0449. The first kappa shape index (κ1) is 16.4. The number of tetrazole rings is 1. The fraction of sp³-hybridized carbons (Fsp3) is 0.389. The summed E-state index contributed by atoms with van der Waals surface area (Å²) in [5.41, 5.74) is 3.66. The summed E-state index contributed by atoms with van der Waals surface area (Å²) in [5, 5.41) is 19.3. The fourth-order valence-corrected chi connectivity index (χ4v) is 3.02. The Labute approximate surface area is 151 Å². The average Bonchev–Trinajstić information content (AvgIpc) is 3.25. The molecule has 134 valence electrons. The first-order valence-corrected chi connectivity index (χ1v) is 8.79. The minimum Gasteiger partial charge on any atom is -0.326 e. The lowest BCUT2D eigenvalue weighted by atomic mass is 10.2. The maximum atomic E-state index is 12.3. The van der Waals surface area contributed by atoms with Crippen LogP contribution in [0.15, 0.2) is 30.3 Å². The first-order chi connectivity index (χ1) is 12.6. The average molecular weight is 351 g/mol. The molecule has 0 radical (unpaired) electrons. The second-order valence-corrected chi connectivity index (χ2v) is 6.71. The molecule has 1 aromatic carbocycles. The number of amides is 1. The molecule has 2 aromatic heterocycles.